The monoisotopic (exact) mass is 262 g/mol. The first-order valence-electron chi connectivity index (χ1n) is 7.53. The van der Waals surface area contributed by atoms with Crippen molar-refractivity contribution in [2.45, 2.75) is 39.5 Å². The first-order valence-corrected chi connectivity index (χ1v) is 7.53. The van der Waals surface area contributed by atoms with E-state index in [1.165, 1.54) is 32.7 Å². The molecule has 0 aromatic heterocycles. The third-order valence-electron chi connectivity index (χ3n) is 4.19. The van der Waals surface area contributed by atoms with E-state index in [1.54, 1.807) is 0 Å². The SMILES string of the molecule is CC(C)c1cc2ccc3ccccc3c2cc1C(C)C. The molecule has 0 heterocycles. The average Bonchev–Trinajstić information content (AvgIpc) is 2.45. The summed E-state index contributed by atoms with van der Waals surface area (Å²) in [6.07, 6.45) is 0. The van der Waals surface area contributed by atoms with Crippen LogP contribution in [0.2, 0.25) is 0 Å². The summed E-state index contributed by atoms with van der Waals surface area (Å²) in [5.41, 5.74) is 2.98. The smallest absolute Gasteiger partial charge is 0.0102 e. The van der Waals surface area contributed by atoms with Gasteiger partial charge < -0.3 is 0 Å². The van der Waals surface area contributed by atoms with Gasteiger partial charge in [0.2, 0.25) is 0 Å². The molecule has 0 fully saturated rings. The maximum absolute atomic E-state index is 2.41. The molecule has 0 saturated carbocycles. The Morgan fingerprint density at radius 2 is 1.20 bits per heavy atom. The van der Waals surface area contributed by atoms with E-state index < -0.39 is 0 Å². The summed E-state index contributed by atoms with van der Waals surface area (Å²) in [6.45, 7) is 9.15. The predicted molar refractivity (Wildman–Crippen MR) is 89.6 cm³/mol. The fraction of sp³-hybridized carbons (Fsp3) is 0.300. The summed E-state index contributed by atoms with van der Waals surface area (Å²) in [4.78, 5) is 0. The predicted octanol–water partition coefficient (Wildman–Crippen LogP) is 6.24. The second-order valence-electron chi connectivity index (χ2n) is 6.30. The Kier molecular flexibility index (Phi) is 3.25. The highest BCUT2D eigenvalue weighted by atomic mass is 14.2. The van der Waals surface area contributed by atoms with Crippen molar-refractivity contribution in [1.29, 1.82) is 0 Å². The summed E-state index contributed by atoms with van der Waals surface area (Å²) in [5.74, 6) is 1.14. The molecule has 102 valence electrons. The normalized spacial score (nSPS) is 11.9. The standard InChI is InChI=1S/C20H22/c1-13(2)18-11-16-10-9-15-7-5-6-8-17(15)20(16)12-19(18)14(3)4/h5-14H,1-4H3. The van der Waals surface area contributed by atoms with Gasteiger partial charge in [0.05, 0.1) is 0 Å². The number of benzene rings is 3. The Morgan fingerprint density at radius 3 is 1.90 bits per heavy atom. The lowest BCUT2D eigenvalue weighted by molar-refractivity contribution is 0.793. The Morgan fingerprint density at radius 1 is 0.600 bits per heavy atom. The Bertz CT molecular complexity index is 763. The van der Waals surface area contributed by atoms with E-state index in [4.69, 9.17) is 0 Å². The van der Waals surface area contributed by atoms with Crippen LogP contribution in [0.5, 0.6) is 0 Å². The van der Waals surface area contributed by atoms with Crippen LogP contribution in [0.25, 0.3) is 21.5 Å². The highest BCUT2D eigenvalue weighted by Crippen LogP contribution is 2.33. The molecule has 0 aliphatic carbocycles. The lowest BCUT2D eigenvalue weighted by Crippen LogP contribution is -1.99. The average molecular weight is 262 g/mol. The Labute approximate surface area is 121 Å². The van der Waals surface area contributed by atoms with Gasteiger partial charge >= 0.3 is 0 Å². The number of hydrogen-bond donors (Lipinski definition) is 0. The molecule has 0 amide bonds. The van der Waals surface area contributed by atoms with Gasteiger partial charge in [-0.15, -0.1) is 0 Å². The Hall–Kier alpha value is -1.82. The molecule has 3 aromatic carbocycles. The second-order valence-corrected chi connectivity index (χ2v) is 6.30. The summed E-state index contributed by atoms with van der Waals surface area (Å²) in [7, 11) is 0. The molecule has 0 spiro atoms. The molecule has 0 saturated heterocycles. The molecule has 0 atom stereocenters. The molecule has 20 heavy (non-hydrogen) atoms. The maximum atomic E-state index is 2.41. The van der Waals surface area contributed by atoms with Gasteiger partial charge in [0.15, 0.2) is 0 Å². The molecule has 0 heteroatoms. The van der Waals surface area contributed by atoms with Gasteiger partial charge in [-0.1, -0.05) is 70.2 Å². The van der Waals surface area contributed by atoms with E-state index >= 15 is 0 Å². The van der Waals surface area contributed by atoms with E-state index in [1.807, 2.05) is 0 Å². The van der Waals surface area contributed by atoms with Crippen molar-refractivity contribution in [2.24, 2.45) is 0 Å². The zero-order chi connectivity index (χ0) is 14.3. The van der Waals surface area contributed by atoms with Gasteiger partial charge in [0, 0.05) is 0 Å². The maximum Gasteiger partial charge on any atom is -0.0102 e. The molecule has 0 nitrogen and oxygen atoms in total. The molecular formula is C20H22. The van der Waals surface area contributed by atoms with Crippen molar-refractivity contribution < 1.29 is 0 Å². The largest absolute Gasteiger partial charge is 0.0616 e. The van der Waals surface area contributed by atoms with Crippen molar-refractivity contribution in [2.75, 3.05) is 0 Å². The molecular weight excluding hydrogens is 240 g/mol. The van der Waals surface area contributed by atoms with Crippen LogP contribution < -0.4 is 0 Å². The van der Waals surface area contributed by atoms with Crippen LogP contribution >= 0.6 is 0 Å². The van der Waals surface area contributed by atoms with Gasteiger partial charge in [0.25, 0.3) is 0 Å². The van der Waals surface area contributed by atoms with Gasteiger partial charge in [-0.3, -0.25) is 0 Å². The number of fused-ring (bicyclic) bond motifs is 3. The van der Waals surface area contributed by atoms with Crippen molar-refractivity contribution in [3.8, 4) is 0 Å². The lowest BCUT2D eigenvalue weighted by atomic mass is 9.87. The van der Waals surface area contributed by atoms with Crippen LogP contribution in [0.3, 0.4) is 0 Å². The van der Waals surface area contributed by atoms with Crippen LogP contribution in [0.4, 0.5) is 0 Å². The minimum atomic E-state index is 0.566. The molecule has 0 unspecified atom stereocenters. The van der Waals surface area contributed by atoms with Crippen LogP contribution in [0.15, 0.2) is 48.5 Å². The fourth-order valence-corrected chi connectivity index (χ4v) is 3.09. The topological polar surface area (TPSA) is 0 Å². The van der Waals surface area contributed by atoms with E-state index in [-0.39, 0.29) is 0 Å². The first kappa shape index (κ1) is 13.2. The third-order valence-corrected chi connectivity index (χ3v) is 4.19. The quantitative estimate of drug-likeness (QED) is 0.479. The Balaban J connectivity index is 2.41. The zero-order valence-corrected chi connectivity index (χ0v) is 12.8. The second kappa shape index (κ2) is 4.94. The van der Waals surface area contributed by atoms with Crippen LogP contribution in [-0.2, 0) is 0 Å². The van der Waals surface area contributed by atoms with E-state index in [0.29, 0.717) is 11.8 Å². The molecule has 3 rings (SSSR count). The van der Waals surface area contributed by atoms with Gasteiger partial charge in [-0.2, -0.15) is 0 Å². The van der Waals surface area contributed by atoms with Crippen molar-refractivity contribution in [1.82, 2.24) is 0 Å². The summed E-state index contributed by atoms with van der Waals surface area (Å²) >= 11 is 0. The minimum absolute atomic E-state index is 0.566. The van der Waals surface area contributed by atoms with Gasteiger partial charge in [-0.05, 0) is 50.6 Å². The summed E-state index contributed by atoms with van der Waals surface area (Å²) < 4.78 is 0. The van der Waals surface area contributed by atoms with E-state index in [9.17, 15) is 0 Å². The van der Waals surface area contributed by atoms with Crippen molar-refractivity contribution >= 4 is 21.5 Å². The first-order chi connectivity index (χ1) is 9.58. The van der Waals surface area contributed by atoms with Crippen LogP contribution in [0, 0.1) is 0 Å². The lowest BCUT2D eigenvalue weighted by Gasteiger charge is -2.18. The van der Waals surface area contributed by atoms with Crippen LogP contribution in [-0.4, -0.2) is 0 Å². The number of rotatable bonds is 2. The van der Waals surface area contributed by atoms with Gasteiger partial charge in [0.1, 0.15) is 0 Å². The number of hydrogen-bond acceptors (Lipinski definition) is 0. The molecule has 0 radical (unpaired) electrons. The molecule has 0 N–H and O–H groups in total. The van der Waals surface area contributed by atoms with Crippen molar-refractivity contribution in [3.63, 3.8) is 0 Å². The summed E-state index contributed by atoms with van der Waals surface area (Å²) in [6, 6.07) is 18.0. The zero-order valence-electron chi connectivity index (χ0n) is 12.8. The highest BCUT2D eigenvalue weighted by Gasteiger charge is 2.12. The molecule has 3 aromatic rings. The summed E-state index contributed by atoms with van der Waals surface area (Å²) in [5, 5.41) is 5.43. The highest BCUT2D eigenvalue weighted by molar-refractivity contribution is 6.07. The fourth-order valence-electron chi connectivity index (χ4n) is 3.09. The van der Waals surface area contributed by atoms with Gasteiger partial charge in [-0.25, -0.2) is 0 Å². The van der Waals surface area contributed by atoms with E-state index in [0.717, 1.165) is 0 Å². The molecule has 0 aliphatic heterocycles. The van der Waals surface area contributed by atoms with Crippen molar-refractivity contribution in [3.05, 3.63) is 59.7 Å². The molecule has 0 aliphatic rings. The van der Waals surface area contributed by atoms with Crippen LogP contribution in [0.1, 0.15) is 50.7 Å². The van der Waals surface area contributed by atoms with E-state index in [2.05, 4.69) is 76.2 Å². The molecule has 0 bridgehead atoms. The third kappa shape index (κ3) is 2.10. The minimum Gasteiger partial charge on any atom is -0.0616 e.